The summed E-state index contributed by atoms with van der Waals surface area (Å²) < 4.78 is 40.7. The van der Waals surface area contributed by atoms with Gasteiger partial charge >= 0.3 is 0 Å². The van der Waals surface area contributed by atoms with Crippen molar-refractivity contribution in [2.45, 2.75) is 37.6 Å². The second kappa shape index (κ2) is 8.60. The highest BCUT2D eigenvalue weighted by atomic mass is 35.5. The zero-order valence-electron chi connectivity index (χ0n) is 16.0. The van der Waals surface area contributed by atoms with E-state index in [1.165, 1.54) is 28.6 Å². The van der Waals surface area contributed by atoms with Crippen molar-refractivity contribution in [2.75, 3.05) is 13.1 Å². The van der Waals surface area contributed by atoms with Gasteiger partial charge < -0.3 is 5.32 Å². The number of halogens is 3. The summed E-state index contributed by atoms with van der Waals surface area (Å²) in [6.07, 6.45) is 0.921. The number of nitrogens with one attached hydrogen (secondary N) is 1. The molecular formula is C20H21Cl2FN2O3S. The van der Waals surface area contributed by atoms with Crippen LogP contribution in [0.3, 0.4) is 0 Å². The van der Waals surface area contributed by atoms with Gasteiger partial charge in [-0.1, -0.05) is 23.2 Å². The lowest BCUT2D eigenvalue weighted by molar-refractivity contribution is 0.0924. The van der Waals surface area contributed by atoms with E-state index in [9.17, 15) is 17.6 Å². The molecule has 1 heterocycles. The molecule has 29 heavy (non-hydrogen) atoms. The summed E-state index contributed by atoms with van der Waals surface area (Å²) >= 11 is 12.5. The van der Waals surface area contributed by atoms with Gasteiger partial charge in [0.2, 0.25) is 10.0 Å². The molecule has 0 saturated carbocycles. The summed E-state index contributed by atoms with van der Waals surface area (Å²) in [5, 5.41) is 3.41. The average Bonchev–Trinajstić information content (AvgIpc) is 2.67. The van der Waals surface area contributed by atoms with Crippen molar-refractivity contribution in [3.63, 3.8) is 0 Å². The number of benzene rings is 2. The number of sulfonamides is 1. The van der Waals surface area contributed by atoms with E-state index >= 15 is 0 Å². The first-order chi connectivity index (χ1) is 13.6. The van der Waals surface area contributed by atoms with Crippen LogP contribution < -0.4 is 5.32 Å². The molecule has 1 fully saturated rings. The Morgan fingerprint density at radius 3 is 2.31 bits per heavy atom. The Hall–Kier alpha value is -1.67. The zero-order valence-corrected chi connectivity index (χ0v) is 18.3. The van der Waals surface area contributed by atoms with Crippen LogP contribution in [0.25, 0.3) is 0 Å². The molecular weight excluding hydrogens is 438 g/mol. The Bertz CT molecular complexity index is 1010. The van der Waals surface area contributed by atoms with E-state index in [2.05, 4.69) is 5.32 Å². The first-order valence-electron chi connectivity index (χ1n) is 9.13. The molecule has 0 bridgehead atoms. The Morgan fingerprint density at radius 1 is 1.14 bits per heavy atom. The maximum Gasteiger partial charge on any atom is 0.251 e. The standard InChI is InChI=1S/C20H21Cl2FN2O3S/c1-12-11-17(21)13(2)19(18(12)22)29(27,28)25-9-7-16(8-10-25)24-20(26)14-3-5-15(23)6-4-14/h3-6,11,16H,7-10H2,1-2H3,(H,24,26). The normalized spacial score (nSPS) is 16.0. The maximum atomic E-state index is 13.2. The smallest absolute Gasteiger partial charge is 0.251 e. The first-order valence-corrected chi connectivity index (χ1v) is 11.3. The van der Waals surface area contributed by atoms with Crippen molar-refractivity contribution >= 4 is 39.1 Å². The van der Waals surface area contributed by atoms with Gasteiger partial charge in [0.05, 0.1) is 5.02 Å². The third kappa shape index (κ3) is 4.58. The fraction of sp³-hybridized carbons (Fsp3) is 0.350. The number of aryl methyl sites for hydroxylation is 1. The predicted octanol–water partition coefficient (Wildman–Crippen LogP) is 4.33. The van der Waals surface area contributed by atoms with Gasteiger partial charge in [0, 0.05) is 29.7 Å². The summed E-state index contributed by atoms with van der Waals surface area (Å²) in [6.45, 7) is 3.84. The van der Waals surface area contributed by atoms with E-state index in [0.29, 0.717) is 34.6 Å². The van der Waals surface area contributed by atoms with E-state index in [0.717, 1.165) is 0 Å². The Labute approximate surface area is 179 Å². The van der Waals surface area contributed by atoms with E-state index in [1.807, 2.05) is 0 Å². The highest BCUT2D eigenvalue weighted by molar-refractivity contribution is 7.89. The quantitative estimate of drug-likeness (QED) is 0.740. The van der Waals surface area contributed by atoms with Crippen LogP contribution in [-0.4, -0.2) is 37.8 Å². The lowest BCUT2D eigenvalue weighted by Gasteiger charge is -2.32. The van der Waals surface area contributed by atoms with Gasteiger partial charge in [-0.05, 0) is 68.1 Å². The average molecular weight is 459 g/mol. The molecule has 0 atom stereocenters. The second-order valence-corrected chi connectivity index (χ2v) is 9.76. The third-order valence-electron chi connectivity index (χ3n) is 5.08. The number of amides is 1. The van der Waals surface area contributed by atoms with Crippen LogP contribution in [0.2, 0.25) is 10.0 Å². The molecule has 1 amide bonds. The molecule has 2 aromatic carbocycles. The summed E-state index contributed by atoms with van der Waals surface area (Å²) in [4.78, 5) is 12.3. The van der Waals surface area contributed by atoms with E-state index in [1.54, 1.807) is 19.9 Å². The van der Waals surface area contributed by atoms with E-state index in [-0.39, 0.29) is 35.0 Å². The molecule has 1 aliphatic rings. The number of nitrogens with zero attached hydrogens (tertiary/aromatic N) is 1. The molecule has 5 nitrogen and oxygen atoms in total. The molecule has 3 rings (SSSR count). The summed E-state index contributed by atoms with van der Waals surface area (Å²) in [5.41, 5.74) is 1.38. The fourth-order valence-corrected chi connectivity index (χ4v) is 6.00. The molecule has 0 spiro atoms. The van der Waals surface area contributed by atoms with Gasteiger partial charge in [0.25, 0.3) is 5.91 Å². The topological polar surface area (TPSA) is 66.5 Å². The first kappa shape index (κ1) is 22.0. The summed E-state index contributed by atoms with van der Waals surface area (Å²) in [7, 11) is -3.81. The lowest BCUT2D eigenvalue weighted by Crippen LogP contribution is -2.46. The molecule has 9 heteroatoms. The van der Waals surface area contributed by atoms with Gasteiger partial charge in [-0.2, -0.15) is 4.31 Å². The zero-order chi connectivity index (χ0) is 21.3. The maximum absolute atomic E-state index is 13.2. The molecule has 0 unspecified atom stereocenters. The number of carbonyl (C=O) groups excluding carboxylic acids is 1. The molecule has 0 aromatic heterocycles. The number of carbonyl (C=O) groups is 1. The SMILES string of the molecule is Cc1cc(Cl)c(C)c(S(=O)(=O)N2CCC(NC(=O)c3ccc(F)cc3)CC2)c1Cl. The van der Waals surface area contributed by atoms with Crippen molar-refractivity contribution < 1.29 is 17.6 Å². The van der Waals surface area contributed by atoms with Crippen molar-refractivity contribution in [3.05, 3.63) is 62.9 Å². The number of piperidine rings is 1. The predicted molar refractivity (Wildman–Crippen MR) is 112 cm³/mol. The van der Waals surface area contributed by atoms with Crippen LogP contribution in [0.5, 0.6) is 0 Å². The van der Waals surface area contributed by atoms with Crippen molar-refractivity contribution in [2.24, 2.45) is 0 Å². The number of hydrogen-bond donors (Lipinski definition) is 1. The number of rotatable bonds is 4. The molecule has 2 aromatic rings. The highest BCUT2D eigenvalue weighted by Gasteiger charge is 2.33. The Balaban J connectivity index is 1.70. The molecule has 1 saturated heterocycles. The van der Waals surface area contributed by atoms with Crippen LogP contribution in [-0.2, 0) is 10.0 Å². The second-order valence-electron chi connectivity index (χ2n) is 7.10. The fourth-order valence-electron chi connectivity index (χ4n) is 3.36. The third-order valence-corrected chi connectivity index (χ3v) is 8.14. The molecule has 0 aliphatic carbocycles. The van der Waals surface area contributed by atoms with Gasteiger partial charge in [-0.15, -0.1) is 0 Å². The molecule has 156 valence electrons. The Kier molecular flexibility index (Phi) is 6.53. The van der Waals surface area contributed by atoms with Crippen molar-refractivity contribution in [1.82, 2.24) is 9.62 Å². The monoisotopic (exact) mass is 458 g/mol. The van der Waals surface area contributed by atoms with Crippen LogP contribution in [0.4, 0.5) is 4.39 Å². The minimum atomic E-state index is -3.81. The largest absolute Gasteiger partial charge is 0.349 e. The van der Waals surface area contributed by atoms with Crippen molar-refractivity contribution in [1.29, 1.82) is 0 Å². The highest BCUT2D eigenvalue weighted by Crippen LogP contribution is 2.35. The van der Waals surface area contributed by atoms with Crippen LogP contribution in [0.15, 0.2) is 35.2 Å². The Morgan fingerprint density at radius 2 is 1.72 bits per heavy atom. The van der Waals surface area contributed by atoms with E-state index in [4.69, 9.17) is 23.2 Å². The van der Waals surface area contributed by atoms with Crippen LogP contribution >= 0.6 is 23.2 Å². The molecule has 0 radical (unpaired) electrons. The van der Waals surface area contributed by atoms with Crippen LogP contribution in [0, 0.1) is 19.7 Å². The van der Waals surface area contributed by atoms with Gasteiger partial charge in [0.15, 0.2) is 0 Å². The molecule has 1 aliphatic heterocycles. The van der Waals surface area contributed by atoms with Gasteiger partial charge in [-0.25, -0.2) is 12.8 Å². The lowest BCUT2D eigenvalue weighted by atomic mass is 10.1. The van der Waals surface area contributed by atoms with Crippen molar-refractivity contribution in [3.8, 4) is 0 Å². The minimum absolute atomic E-state index is 0.0398. The van der Waals surface area contributed by atoms with E-state index < -0.39 is 15.8 Å². The molecule has 1 N–H and O–H groups in total. The van der Waals surface area contributed by atoms with Gasteiger partial charge in [-0.3, -0.25) is 4.79 Å². The van der Waals surface area contributed by atoms with Gasteiger partial charge in [0.1, 0.15) is 10.7 Å². The summed E-state index contributed by atoms with van der Waals surface area (Å²) in [6, 6.07) is 6.76. The minimum Gasteiger partial charge on any atom is -0.349 e. The number of hydrogen-bond acceptors (Lipinski definition) is 3. The summed E-state index contributed by atoms with van der Waals surface area (Å²) in [5.74, 6) is -0.721. The van der Waals surface area contributed by atoms with Crippen LogP contribution in [0.1, 0.15) is 34.3 Å².